The number of aliphatic hydroxyl groups is 1. The number of rotatable bonds is 4. The molecule has 8 heteroatoms. The SMILES string of the molecule is OC1CCN(c2cc(-c3cnc4ccc(N5CCCC5c5cccc(F)c5)nn34)ccn2)C1. The average molecular weight is 445 g/mol. The average Bonchev–Trinajstić information content (AvgIpc) is 3.58. The van der Waals surface area contributed by atoms with Crippen LogP contribution < -0.4 is 9.80 Å². The maximum atomic E-state index is 13.9. The molecule has 0 radical (unpaired) electrons. The molecular formula is C25H25FN6O. The molecule has 5 heterocycles. The number of anilines is 2. The van der Waals surface area contributed by atoms with Crippen LogP contribution in [0.3, 0.4) is 0 Å². The minimum atomic E-state index is -0.304. The highest BCUT2D eigenvalue weighted by Gasteiger charge is 2.28. The summed E-state index contributed by atoms with van der Waals surface area (Å²) in [4.78, 5) is 13.4. The van der Waals surface area contributed by atoms with Crippen molar-refractivity contribution < 1.29 is 9.50 Å². The van der Waals surface area contributed by atoms with E-state index in [0.29, 0.717) is 6.54 Å². The second-order valence-electron chi connectivity index (χ2n) is 8.80. The molecule has 0 saturated carbocycles. The van der Waals surface area contributed by atoms with Crippen LogP contribution in [0.2, 0.25) is 0 Å². The van der Waals surface area contributed by atoms with Crippen LogP contribution in [0.1, 0.15) is 30.9 Å². The van der Waals surface area contributed by atoms with Gasteiger partial charge in [0.15, 0.2) is 5.65 Å². The zero-order valence-corrected chi connectivity index (χ0v) is 18.2. The van der Waals surface area contributed by atoms with Crippen molar-refractivity contribution in [2.75, 3.05) is 29.4 Å². The van der Waals surface area contributed by atoms with Crippen LogP contribution in [0.25, 0.3) is 16.9 Å². The Bertz CT molecular complexity index is 1310. The highest BCUT2D eigenvalue weighted by Crippen LogP contribution is 2.36. The zero-order valence-electron chi connectivity index (χ0n) is 18.2. The van der Waals surface area contributed by atoms with E-state index in [9.17, 15) is 9.50 Å². The van der Waals surface area contributed by atoms with Crippen LogP contribution in [0.15, 0.2) is 60.9 Å². The minimum absolute atomic E-state index is 0.103. The third kappa shape index (κ3) is 3.70. The first-order valence-electron chi connectivity index (χ1n) is 11.4. The molecule has 3 aromatic heterocycles. The number of imidazole rings is 1. The molecule has 0 aliphatic carbocycles. The summed E-state index contributed by atoms with van der Waals surface area (Å²) in [5.74, 6) is 1.49. The number of pyridine rings is 1. The normalized spacial score (nSPS) is 20.8. The Morgan fingerprint density at radius 3 is 2.76 bits per heavy atom. The molecule has 168 valence electrons. The van der Waals surface area contributed by atoms with Gasteiger partial charge < -0.3 is 14.9 Å². The Morgan fingerprint density at radius 2 is 1.91 bits per heavy atom. The fraction of sp³-hybridized carbons (Fsp3) is 0.320. The van der Waals surface area contributed by atoms with E-state index in [2.05, 4.69) is 19.8 Å². The molecule has 6 rings (SSSR count). The first-order valence-corrected chi connectivity index (χ1v) is 11.4. The molecule has 2 aliphatic heterocycles. The summed E-state index contributed by atoms with van der Waals surface area (Å²) in [5.41, 5.74) is 3.61. The van der Waals surface area contributed by atoms with Crippen LogP contribution in [0.5, 0.6) is 0 Å². The lowest BCUT2D eigenvalue weighted by Crippen LogP contribution is -2.24. The van der Waals surface area contributed by atoms with Gasteiger partial charge in [0.2, 0.25) is 0 Å². The third-order valence-electron chi connectivity index (χ3n) is 6.66. The van der Waals surface area contributed by atoms with Crippen molar-refractivity contribution >= 4 is 17.3 Å². The Balaban J connectivity index is 1.36. The Kier molecular flexibility index (Phi) is 4.95. The van der Waals surface area contributed by atoms with Crippen molar-refractivity contribution in [2.24, 2.45) is 0 Å². The number of halogens is 1. The summed E-state index contributed by atoms with van der Waals surface area (Å²) in [6, 6.07) is 14.9. The second-order valence-corrected chi connectivity index (χ2v) is 8.80. The lowest BCUT2D eigenvalue weighted by Gasteiger charge is -2.26. The van der Waals surface area contributed by atoms with Crippen LogP contribution in [-0.2, 0) is 0 Å². The number of nitrogens with zero attached hydrogens (tertiary/aromatic N) is 6. The van der Waals surface area contributed by atoms with E-state index in [1.165, 1.54) is 6.07 Å². The Hall–Kier alpha value is -3.52. The monoisotopic (exact) mass is 444 g/mol. The molecule has 2 saturated heterocycles. The van der Waals surface area contributed by atoms with Gasteiger partial charge in [0.25, 0.3) is 0 Å². The summed E-state index contributed by atoms with van der Waals surface area (Å²) in [6.45, 7) is 2.27. The summed E-state index contributed by atoms with van der Waals surface area (Å²) >= 11 is 0. The van der Waals surface area contributed by atoms with Crippen LogP contribution >= 0.6 is 0 Å². The Labute approximate surface area is 191 Å². The van der Waals surface area contributed by atoms with Gasteiger partial charge in [0.05, 0.1) is 24.0 Å². The van der Waals surface area contributed by atoms with Gasteiger partial charge in [-0.1, -0.05) is 12.1 Å². The molecule has 2 aliphatic rings. The van der Waals surface area contributed by atoms with E-state index in [0.717, 1.165) is 66.5 Å². The molecule has 1 aromatic carbocycles. The van der Waals surface area contributed by atoms with E-state index in [4.69, 9.17) is 5.10 Å². The smallest absolute Gasteiger partial charge is 0.154 e. The van der Waals surface area contributed by atoms with E-state index < -0.39 is 0 Å². The van der Waals surface area contributed by atoms with Gasteiger partial charge in [-0.3, -0.25) is 0 Å². The number of aliphatic hydroxyl groups excluding tert-OH is 1. The molecular weight excluding hydrogens is 419 g/mol. The quantitative estimate of drug-likeness (QED) is 0.516. The Morgan fingerprint density at radius 1 is 0.970 bits per heavy atom. The third-order valence-corrected chi connectivity index (χ3v) is 6.66. The van der Waals surface area contributed by atoms with Gasteiger partial charge in [0.1, 0.15) is 17.5 Å². The van der Waals surface area contributed by atoms with Crippen LogP contribution in [0.4, 0.5) is 16.0 Å². The van der Waals surface area contributed by atoms with Crippen LogP contribution in [0, 0.1) is 5.82 Å². The van der Waals surface area contributed by atoms with Crippen molar-refractivity contribution in [3.63, 3.8) is 0 Å². The molecule has 2 atom stereocenters. The fourth-order valence-corrected chi connectivity index (χ4v) is 5.02. The van der Waals surface area contributed by atoms with E-state index in [1.807, 2.05) is 41.0 Å². The van der Waals surface area contributed by atoms with Crippen molar-refractivity contribution in [3.05, 3.63) is 72.3 Å². The summed E-state index contributed by atoms with van der Waals surface area (Å²) in [5, 5.41) is 14.8. The molecule has 0 spiro atoms. The van der Waals surface area contributed by atoms with Crippen molar-refractivity contribution in [1.82, 2.24) is 19.6 Å². The molecule has 4 aromatic rings. The first-order chi connectivity index (χ1) is 16.2. The highest BCUT2D eigenvalue weighted by atomic mass is 19.1. The first kappa shape index (κ1) is 20.1. The molecule has 1 N–H and O–H groups in total. The van der Waals surface area contributed by atoms with Gasteiger partial charge in [-0.2, -0.15) is 0 Å². The molecule has 0 bridgehead atoms. The van der Waals surface area contributed by atoms with Gasteiger partial charge >= 0.3 is 0 Å². The highest BCUT2D eigenvalue weighted by molar-refractivity contribution is 5.67. The number of β-amino-alcohol motifs (C(OH)–C–C–N with tert-alkyl or cyclic N) is 1. The second kappa shape index (κ2) is 8.12. The number of aromatic nitrogens is 4. The minimum Gasteiger partial charge on any atom is -0.391 e. The standard InChI is InChI=1S/C25H25FN6O/c26-19-4-1-3-17(13-19)21-5-2-11-31(21)24-7-6-23-28-15-22(32(23)29-24)18-8-10-27-25(14-18)30-12-9-20(33)16-30/h1,3-4,6-8,10,13-15,20-21,33H,2,5,9,11-12,16H2. The summed E-state index contributed by atoms with van der Waals surface area (Å²) in [7, 11) is 0. The molecule has 33 heavy (non-hydrogen) atoms. The van der Waals surface area contributed by atoms with E-state index >= 15 is 0 Å². The number of hydrogen-bond donors (Lipinski definition) is 1. The van der Waals surface area contributed by atoms with Crippen molar-refractivity contribution in [3.8, 4) is 11.3 Å². The van der Waals surface area contributed by atoms with Gasteiger partial charge in [-0.15, -0.1) is 5.10 Å². The maximum Gasteiger partial charge on any atom is 0.154 e. The van der Waals surface area contributed by atoms with Gasteiger partial charge in [0, 0.05) is 31.4 Å². The van der Waals surface area contributed by atoms with Gasteiger partial charge in [-0.05, 0) is 61.2 Å². The molecule has 2 fully saturated rings. The largest absolute Gasteiger partial charge is 0.391 e. The van der Waals surface area contributed by atoms with Gasteiger partial charge in [-0.25, -0.2) is 18.9 Å². The van der Waals surface area contributed by atoms with E-state index in [-0.39, 0.29) is 18.0 Å². The fourth-order valence-electron chi connectivity index (χ4n) is 5.02. The lowest BCUT2D eigenvalue weighted by atomic mass is 10.0. The van der Waals surface area contributed by atoms with E-state index in [1.54, 1.807) is 18.3 Å². The number of fused-ring (bicyclic) bond motifs is 1. The molecule has 0 amide bonds. The maximum absolute atomic E-state index is 13.9. The zero-order chi connectivity index (χ0) is 22.4. The predicted octanol–water partition coefficient (Wildman–Crippen LogP) is 3.84. The predicted molar refractivity (Wildman–Crippen MR) is 125 cm³/mol. The van der Waals surface area contributed by atoms with Crippen molar-refractivity contribution in [1.29, 1.82) is 0 Å². The van der Waals surface area contributed by atoms with Crippen molar-refractivity contribution in [2.45, 2.75) is 31.4 Å². The topological polar surface area (TPSA) is 69.8 Å². The van der Waals surface area contributed by atoms with Crippen LogP contribution in [-0.4, -0.2) is 50.4 Å². The molecule has 7 nitrogen and oxygen atoms in total. The lowest BCUT2D eigenvalue weighted by molar-refractivity contribution is 0.198. The number of hydrogen-bond acceptors (Lipinski definition) is 6. The molecule has 2 unspecified atom stereocenters. The number of benzene rings is 1. The summed E-state index contributed by atoms with van der Waals surface area (Å²) in [6.07, 6.45) is 6.08. The summed E-state index contributed by atoms with van der Waals surface area (Å²) < 4.78 is 15.7.